The Morgan fingerprint density at radius 2 is 2.14 bits per heavy atom. The molecular formula is C21H28N4O3. The van der Waals surface area contributed by atoms with Gasteiger partial charge < -0.3 is 15.0 Å². The summed E-state index contributed by atoms with van der Waals surface area (Å²) in [7, 11) is 1.60. The molecule has 2 N–H and O–H groups in total. The zero-order valence-corrected chi connectivity index (χ0v) is 16.7. The SMILES string of the molecule is CC[C@@H](C)CNC(=O)c1n[nH]c2c1CN(C(=O)Cc1ccccc1OC)CC2. The molecule has 0 unspecified atom stereocenters. The van der Waals surface area contributed by atoms with Crippen molar-refractivity contribution in [3.63, 3.8) is 0 Å². The van der Waals surface area contributed by atoms with Crippen LogP contribution in [-0.4, -0.2) is 47.1 Å². The second-order valence-electron chi connectivity index (χ2n) is 7.31. The highest BCUT2D eigenvalue weighted by Gasteiger charge is 2.28. The first-order valence-electron chi connectivity index (χ1n) is 9.77. The predicted octanol–water partition coefficient (Wildman–Crippen LogP) is 2.32. The van der Waals surface area contributed by atoms with Gasteiger partial charge in [-0.25, -0.2) is 0 Å². The smallest absolute Gasteiger partial charge is 0.272 e. The summed E-state index contributed by atoms with van der Waals surface area (Å²) in [5.41, 5.74) is 3.02. The Morgan fingerprint density at radius 1 is 1.36 bits per heavy atom. The third-order valence-electron chi connectivity index (χ3n) is 5.34. The van der Waals surface area contributed by atoms with E-state index in [1.807, 2.05) is 24.3 Å². The first-order chi connectivity index (χ1) is 13.5. The number of nitrogens with zero attached hydrogens (tertiary/aromatic N) is 2. The minimum atomic E-state index is -0.183. The fraction of sp³-hybridized carbons (Fsp3) is 0.476. The van der Waals surface area contributed by atoms with Crippen molar-refractivity contribution in [1.82, 2.24) is 20.4 Å². The number of amides is 2. The number of hydrogen-bond donors (Lipinski definition) is 2. The lowest BCUT2D eigenvalue weighted by Crippen LogP contribution is -2.38. The number of fused-ring (bicyclic) bond motifs is 1. The fourth-order valence-electron chi connectivity index (χ4n) is 3.31. The van der Waals surface area contributed by atoms with Crippen LogP contribution in [-0.2, 0) is 24.2 Å². The molecule has 0 radical (unpaired) electrons. The molecule has 1 aliphatic rings. The molecule has 0 aliphatic carbocycles. The van der Waals surface area contributed by atoms with E-state index in [1.54, 1.807) is 12.0 Å². The first-order valence-corrected chi connectivity index (χ1v) is 9.77. The van der Waals surface area contributed by atoms with E-state index < -0.39 is 0 Å². The topological polar surface area (TPSA) is 87.3 Å². The van der Waals surface area contributed by atoms with Crippen LogP contribution in [0.5, 0.6) is 5.75 Å². The summed E-state index contributed by atoms with van der Waals surface area (Å²) in [4.78, 5) is 27.2. The molecule has 7 heteroatoms. The van der Waals surface area contributed by atoms with Crippen molar-refractivity contribution in [3.05, 3.63) is 46.8 Å². The Hall–Kier alpha value is -2.83. The summed E-state index contributed by atoms with van der Waals surface area (Å²) in [6, 6.07) is 7.54. The highest BCUT2D eigenvalue weighted by atomic mass is 16.5. The van der Waals surface area contributed by atoms with E-state index in [4.69, 9.17) is 4.74 Å². The van der Waals surface area contributed by atoms with Crippen LogP contribution in [0, 0.1) is 5.92 Å². The van der Waals surface area contributed by atoms with E-state index in [9.17, 15) is 9.59 Å². The third-order valence-corrected chi connectivity index (χ3v) is 5.34. The summed E-state index contributed by atoms with van der Waals surface area (Å²) >= 11 is 0. The molecule has 1 aromatic carbocycles. The average molecular weight is 384 g/mol. The van der Waals surface area contributed by atoms with Gasteiger partial charge in [0.2, 0.25) is 5.91 Å². The zero-order chi connectivity index (χ0) is 20.1. The van der Waals surface area contributed by atoms with Gasteiger partial charge in [-0.3, -0.25) is 14.7 Å². The lowest BCUT2D eigenvalue weighted by Gasteiger charge is -2.27. The Bertz CT molecular complexity index is 846. The van der Waals surface area contributed by atoms with Gasteiger partial charge in [-0.05, 0) is 12.0 Å². The number of carbonyl (C=O) groups excluding carboxylic acids is 2. The molecule has 2 amide bonds. The number of aromatic nitrogens is 2. The van der Waals surface area contributed by atoms with E-state index in [1.165, 1.54) is 0 Å². The number of hydrogen-bond acceptors (Lipinski definition) is 4. The molecule has 28 heavy (non-hydrogen) atoms. The van der Waals surface area contributed by atoms with Gasteiger partial charge in [-0.1, -0.05) is 38.5 Å². The Balaban J connectivity index is 1.69. The van der Waals surface area contributed by atoms with Crippen molar-refractivity contribution in [3.8, 4) is 5.75 Å². The highest BCUT2D eigenvalue weighted by molar-refractivity contribution is 5.94. The molecule has 0 bridgehead atoms. The van der Waals surface area contributed by atoms with Crippen LogP contribution in [0.2, 0.25) is 0 Å². The van der Waals surface area contributed by atoms with E-state index >= 15 is 0 Å². The maximum Gasteiger partial charge on any atom is 0.272 e. The van der Waals surface area contributed by atoms with Crippen LogP contribution in [0.15, 0.2) is 24.3 Å². The minimum Gasteiger partial charge on any atom is -0.496 e. The van der Waals surface area contributed by atoms with Gasteiger partial charge in [-0.15, -0.1) is 0 Å². The molecule has 0 saturated heterocycles. The van der Waals surface area contributed by atoms with Crippen LogP contribution in [0.4, 0.5) is 0 Å². The molecule has 2 heterocycles. The fourth-order valence-corrected chi connectivity index (χ4v) is 3.31. The predicted molar refractivity (Wildman–Crippen MR) is 106 cm³/mol. The lowest BCUT2D eigenvalue weighted by atomic mass is 10.0. The molecule has 150 valence electrons. The number of rotatable bonds is 7. The maximum atomic E-state index is 12.8. The Kier molecular flexibility index (Phi) is 6.34. The minimum absolute atomic E-state index is 0.0160. The van der Waals surface area contributed by atoms with Crippen LogP contribution in [0.3, 0.4) is 0 Å². The van der Waals surface area contributed by atoms with Crippen LogP contribution in [0.1, 0.15) is 47.6 Å². The largest absolute Gasteiger partial charge is 0.496 e. The third kappa shape index (κ3) is 4.35. The van der Waals surface area contributed by atoms with Crippen molar-refractivity contribution in [2.75, 3.05) is 20.2 Å². The summed E-state index contributed by atoms with van der Waals surface area (Å²) < 4.78 is 5.34. The zero-order valence-electron chi connectivity index (χ0n) is 16.7. The van der Waals surface area contributed by atoms with Crippen LogP contribution >= 0.6 is 0 Å². The Labute approximate surface area is 165 Å². The van der Waals surface area contributed by atoms with Crippen molar-refractivity contribution in [2.24, 2.45) is 5.92 Å². The number of ether oxygens (including phenoxy) is 1. The molecule has 7 nitrogen and oxygen atoms in total. The normalized spacial score (nSPS) is 14.3. The van der Waals surface area contributed by atoms with E-state index in [2.05, 4.69) is 29.4 Å². The van der Waals surface area contributed by atoms with Gasteiger partial charge in [-0.2, -0.15) is 5.10 Å². The second-order valence-corrected chi connectivity index (χ2v) is 7.31. The molecule has 2 aromatic rings. The standard InChI is InChI=1S/C21H28N4O3/c1-4-14(2)12-22-21(27)20-16-13-25(10-9-17(16)23-24-20)19(26)11-15-7-5-6-8-18(15)28-3/h5-8,14H,4,9-13H2,1-3H3,(H,22,27)(H,23,24)/t14-/m1/s1. The molecule has 0 fully saturated rings. The first kappa shape index (κ1) is 19.9. The number of aromatic amines is 1. The van der Waals surface area contributed by atoms with Gasteiger partial charge in [0.15, 0.2) is 5.69 Å². The monoisotopic (exact) mass is 384 g/mol. The van der Waals surface area contributed by atoms with Gasteiger partial charge in [0.25, 0.3) is 5.91 Å². The second kappa shape index (κ2) is 8.91. The molecule has 3 rings (SSSR count). The van der Waals surface area contributed by atoms with E-state index in [-0.39, 0.29) is 18.2 Å². The quantitative estimate of drug-likeness (QED) is 0.767. The lowest BCUT2D eigenvalue weighted by molar-refractivity contribution is -0.131. The molecule has 1 aliphatic heterocycles. The van der Waals surface area contributed by atoms with Crippen molar-refractivity contribution in [1.29, 1.82) is 0 Å². The van der Waals surface area contributed by atoms with Crippen LogP contribution in [0.25, 0.3) is 0 Å². The van der Waals surface area contributed by atoms with Crippen molar-refractivity contribution >= 4 is 11.8 Å². The number of benzene rings is 1. The van der Waals surface area contributed by atoms with Crippen molar-refractivity contribution < 1.29 is 14.3 Å². The highest BCUT2D eigenvalue weighted by Crippen LogP contribution is 2.23. The number of H-pyrrole nitrogens is 1. The number of methoxy groups -OCH3 is 1. The van der Waals surface area contributed by atoms with E-state index in [0.717, 1.165) is 23.2 Å². The average Bonchev–Trinajstić information content (AvgIpc) is 3.15. The molecular weight excluding hydrogens is 356 g/mol. The summed E-state index contributed by atoms with van der Waals surface area (Å²) in [6.45, 7) is 5.81. The maximum absolute atomic E-state index is 12.8. The van der Waals surface area contributed by atoms with Gasteiger partial charge >= 0.3 is 0 Å². The number of nitrogens with one attached hydrogen (secondary N) is 2. The van der Waals surface area contributed by atoms with Gasteiger partial charge in [0, 0.05) is 42.9 Å². The van der Waals surface area contributed by atoms with Gasteiger partial charge in [0.05, 0.1) is 13.5 Å². The molecule has 0 spiro atoms. The summed E-state index contributed by atoms with van der Waals surface area (Å²) in [5, 5.41) is 10.1. The van der Waals surface area contributed by atoms with Crippen LogP contribution < -0.4 is 10.1 Å². The number of carbonyl (C=O) groups is 2. The van der Waals surface area contributed by atoms with Crippen molar-refractivity contribution in [2.45, 2.75) is 39.7 Å². The number of para-hydroxylation sites is 1. The molecule has 1 aromatic heterocycles. The summed E-state index contributed by atoms with van der Waals surface area (Å²) in [6.07, 6.45) is 1.94. The van der Waals surface area contributed by atoms with Gasteiger partial charge in [0.1, 0.15) is 5.75 Å². The summed E-state index contributed by atoms with van der Waals surface area (Å²) in [5.74, 6) is 0.957. The molecule has 1 atom stereocenters. The van der Waals surface area contributed by atoms with E-state index in [0.29, 0.717) is 43.4 Å². The molecule has 0 saturated carbocycles. The Morgan fingerprint density at radius 3 is 2.89 bits per heavy atom.